The first kappa shape index (κ1) is 19.3. The third-order valence-corrected chi connectivity index (χ3v) is 5.76. The van der Waals surface area contributed by atoms with Crippen molar-refractivity contribution in [2.75, 3.05) is 0 Å². The number of rotatable bonds is 4. The molecule has 140 valence electrons. The fourth-order valence-electron chi connectivity index (χ4n) is 2.31. The normalized spacial score (nSPS) is 12.0. The molecule has 0 heterocycles. The van der Waals surface area contributed by atoms with E-state index in [1.807, 2.05) is 0 Å². The fraction of sp³-hybridized carbons (Fsp3) is 0.0526. The molecule has 8 heteroatoms. The van der Waals surface area contributed by atoms with Gasteiger partial charge in [-0.2, -0.15) is 13.2 Å². The summed E-state index contributed by atoms with van der Waals surface area (Å²) in [6.07, 6.45) is -4.50. The van der Waals surface area contributed by atoms with E-state index < -0.39 is 21.6 Å². The summed E-state index contributed by atoms with van der Waals surface area (Å²) in [5.41, 5.74) is -0.885. The van der Waals surface area contributed by atoms with Gasteiger partial charge in [-0.15, -0.1) is 0 Å². The maximum atomic E-state index is 12.7. The minimum absolute atomic E-state index is 0.0309. The van der Waals surface area contributed by atoms with Gasteiger partial charge in [0.2, 0.25) is 9.84 Å². The predicted octanol–water partition coefficient (Wildman–Crippen LogP) is 5.98. The molecule has 0 aromatic heterocycles. The minimum atomic E-state index is -4.50. The molecule has 27 heavy (non-hydrogen) atoms. The van der Waals surface area contributed by atoms with Gasteiger partial charge in [0.15, 0.2) is 0 Å². The summed E-state index contributed by atoms with van der Waals surface area (Å²) in [5, 5.41) is -0.203. The van der Waals surface area contributed by atoms with Crippen molar-refractivity contribution in [3.63, 3.8) is 0 Å². The van der Waals surface area contributed by atoms with Crippen LogP contribution in [0.3, 0.4) is 0 Å². The Morgan fingerprint density at radius 2 is 1.41 bits per heavy atom. The zero-order chi connectivity index (χ0) is 19.7. The Labute approximate surface area is 158 Å². The molecule has 0 spiro atoms. The second kappa shape index (κ2) is 7.25. The van der Waals surface area contributed by atoms with Crippen LogP contribution in [0.2, 0.25) is 5.02 Å². The van der Waals surface area contributed by atoms with Crippen LogP contribution in [0.25, 0.3) is 0 Å². The van der Waals surface area contributed by atoms with Gasteiger partial charge in [0.05, 0.1) is 20.4 Å². The van der Waals surface area contributed by atoms with Crippen molar-refractivity contribution in [1.82, 2.24) is 0 Å². The van der Waals surface area contributed by atoms with Crippen LogP contribution in [-0.4, -0.2) is 8.42 Å². The number of sulfone groups is 1. The topological polar surface area (TPSA) is 43.4 Å². The van der Waals surface area contributed by atoms with Crippen LogP contribution >= 0.6 is 11.6 Å². The minimum Gasteiger partial charge on any atom is -0.456 e. The molecule has 0 saturated carbocycles. The molecule has 0 aliphatic rings. The zero-order valence-corrected chi connectivity index (χ0v) is 15.1. The van der Waals surface area contributed by atoms with E-state index in [2.05, 4.69) is 0 Å². The largest absolute Gasteiger partial charge is 0.456 e. The van der Waals surface area contributed by atoms with E-state index in [1.54, 1.807) is 18.2 Å². The monoisotopic (exact) mass is 412 g/mol. The van der Waals surface area contributed by atoms with Gasteiger partial charge >= 0.3 is 6.18 Å². The summed E-state index contributed by atoms with van der Waals surface area (Å²) in [4.78, 5) is 0.226. The van der Waals surface area contributed by atoms with Gasteiger partial charge in [-0.3, -0.25) is 0 Å². The van der Waals surface area contributed by atoms with Crippen molar-refractivity contribution >= 4 is 21.4 Å². The lowest BCUT2D eigenvalue weighted by atomic mass is 10.2. The molecule has 0 aliphatic carbocycles. The highest BCUT2D eigenvalue weighted by Crippen LogP contribution is 2.36. The van der Waals surface area contributed by atoms with Crippen molar-refractivity contribution in [2.24, 2.45) is 0 Å². The molecule has 0 fully saturated rings. The standard InChI is InChI=1S/C19H12ClF3O3S/c20-17-12-13(19(21,22)23)6-11-18(17)26-14-7-9-16(10-8-14)27(24,25)15-4-2-1-3-5-15/h1-12H. The van der Waals surface area contributed by atoms with Crippen molar-refractivity contribution in [1.29, 1.82) is 0 Å². The van der Waals surface area contributed by atoms with Gasteiger partial charge < -0.3 is 4.74 Å². The highest BCUT2D eigenvalue weighted by Gasteiger charge is 2.31. The summed E-state index contributed by atoms with van der Waals surface area (Å²) < 4.78 is 68.5. The molecule has 0 unspecified atom stereocenters. The van der Waals surface area contributed by atoms with Gasteiger partial charge in [0.25, 0.3) is 0 Å². The summed E-state index contributed by atoms with van der Waals surface area (Å²) in [6.45, 7) is 0. The van der Waals surface area contributed by atoms with Gasteiger partial charge in [-0.25, -0.2) is 8.42 Å². The lowest BCUT2D eigenvalue weighted by Crippen LogP contribution is -2.04. The Kier molecular flexibility index (Phi) is 5.17. The lowest BCUT2D eigenvalue weighted by Gasteiger charge is -2.11. The number of hydrogen-bond acceptors (Lipinski definition) is 3. The molecule has 0 aliphatic heterocycles. The van der Waals surface area contributed by atoms with Crippen LogP contribution in [0.5, 0.6) is 11.5 Å². The van der Waals surface area contributed by atoms with Gasteiger partial charge in [-0.05, 0) is 54.6 Å². The number of benzene rings is 3. The Bertz CT molecular complexity index is 1050. The Balaban J connectivity index is 1.83. The van der Waals surface area contributed by atoms with Crippen molar-refractivity contribution in [3.8, 4) is 11.5 Å². The Morgan fingerprint density at radius 1 is 0.815 bits per heavy atom. The average molecular weight is 413 g/mol. The second-order valence-electron chi connectivity index (χ2n) is 5.53. The summed E-state index contributed by atoms with van der Waals surface area (Å²) in [6, 6.07) is 16.2. The van der Waals surface area contributed by atoms with Crippen molar-refractivity contribution in [2.45, 2.75) is 16.0 Å². The quantitative estimate of drug-likeness (QED) is 0.529. The van der Waals surface area contributed by atoms with Crippen LogP contribution in [0.4, 0.5) is 13.2 Å². The number of alkyl halides is 3. The number of ether oxygens (including phenoxy) is 1. The molecule has 0 N–H and O–H groups in total. The second-order valence-corrected chi connectivity index (χ2v) is 7.89. The van der Waals surface area contributed by atoms with E-state index in [-0.39, 0.29) is 26.3 Å². The maximum Gasteiger partial charge on any atom is 0.416 e. The smallest absolute Gasteiger partial charge is 0.416 e. The predicted molar refractivity (Wildman–Crippen MR) is 94.9 cm³/mol. The summed E-state index contributed by atoms with van der Waals surface area (Å²) in [5.74, 6) is 0.270. The average Bonchev–Trinajstić information content (AvgIpc) is 2.64. The van der Waals surface area contributed by atoms with E-state index >= 15 is 0 Å². The number of hydrogen-bond donors (Lipinski definition) is 0. The molecule has 0 radical (unpaired) electrons. The Hall–Kier alpha value is -2.51. The molecule has 3 aromatic carbocycles. The zero-order valence-electron chi connectivity index (χ0n) is 13.6. The maximum absolute atomic E-state index is 12.7. The van der Waals surface area contributed by atoms with Gasteiger partial charge in [0.1, 0.15) is 11.5 Å². The van der Waals surface area contributed by atoms with Gasteiger partial charge in [0, 0.05) is 0 Å². The molecule has 3 aromatic rings. The Morgan fingerprint density at radius 3 is 1.96 bits per heavy atom. The molecule has 0 amide bonds. The van der Waals surface area contributed by atoms with E-state index in [9.17, 15) is 21.6 Å². The van der Waals surface area contributed by atoms with Crippen LogP contribution in [-0.2, 0) is 16.0 Å². The third kappa shape index (κ3) is 4.26. The molecule has 0 bridgehead atoms. The van der Waals surface area contributed by atoms with Crippen molar-refractivity contribution in [3.05, 3.63) is 83.4 Å². The van der Waals surface area contributed by atoms with E-state index in [0.29, 0.717) is 0 Å². The molecule has 0 saturated heterocycles. The summed E-state index contributed by atoms with van der Waals surface area (Å²) >= 11 is 5.85. The summed E-state index contributed by atoms with van der Waals surface area (Å²) in [7, 11) is -3.67. The van der Waals surface area contributed by atoms with E-state index in [4.69, 9.17) is 16.3 Å². The SMILES string of the molecule is O=S(=O)(c1ccccc1)c1ccc(Oc2ccc(C(F)(F)F)cc2Cl)cc1. The lowest BCUT2D eigenvalue weighted by molar-refractivity contribution is -0.137. The highest BCUT2D eigenvalue weighted by atomic mass is 35.5. The van der Waals surface area contributed by atoms with Crippen molar-refractivity contribution < 1.29 is 26.3 Å². The van der Waals surface area contributed by atoms with Crippen LogP contribution < -0.4 is 4.74 Å². The molecule has 3 nitrogen and oxygen atoms in total. The van der Waals surface area contributed by atoms with Crippen LogP contribution in [0.15, 0.2) is 82.6 Å². The first-order chi connectivity index (χ1) is 12.7. The first-order valence-electron chi connectivity index (χ1n) is 7.63. The van der Waals surface area contributed by atoms with Gasteiger partial charge in [-0.1, -0.05) is 29.8 Å². The van der Waals surface area contributed by atoms with E-state index in [0.717, 1.165) is 18.2 Å². The third-order valence-electron chi connectivity index (χ3n) is 3.67. The van der Waals surface area contributed by atoms with E-state index in [1.165, 1.54) is 36.4 Å². The number of halogens is 4. The molecular formula is C19H12ClF3O3S. The molecular weight excluding hydrogens is 401 g/mol. The highest BCUT2D eigenvalue weighted by molar-refractivity contribution is 7.91. The van der Waals surface area contributed by atoms with Crippen LogP contribution in [0, 0.1) is 0 Å². The first-order valence-corrected chi connectivity index (χ1v) is 9.49. The molecule has 0 atom stereocenters. The van der Waals surface area contributed by atoms with Crippen LogP contribution in [0.1, 0.15) is 5.56 Å². The fourth-order valence-corrected chi connectivity index (χ4v) is 3.81. The molecule has 3 rings (SSSR count).